The summed E-state index contributed by atoms with van der Waals surface area (Å²) in [6.07, 6.45) is 0.446. The van der Waals surface area contributed by atoms with Crippen LogP contribution in [0.15, 0.2) is 77.2 Å². The number of fused-ring (bicyclic) bond motifs is 1. The number of anilines is 2. The van der Waals surface area contributed by atoms with Crippen LogP contribution in [0.1, 0.15) is 23.2 Å². The van der Waals surface area contributed by atoms with Crippen molar-refractivity contribution in [2.45, 2.75) is 12.8 Å². The molecule has 1 saturated heterocycles. The Hall–Kier alpha value is -4.26. The number of rotatable bonds is 4. The molecule has 4 aromatic rings. The molecule has 0 bridgehead atoms. The number of aromatic nitrogens is 1. The summed E-state index contributed by atoms with van der Waals surface area (Å²) < 4.78 is 5.76. The summed E-state index contributed by atoms with van der Waals surface area (Å²) in [6.45, 7) is 0. The molecule has 0 aliphatic carbocycles. The zero-order valence-corrected chi connectivity index (χ0v) is 16.4. The molecule has 3 aromatic carbocycles. The minimum atomic E-state index is -0.291. The van der Waals surface area contributed by atoms with Gasteiger partial charge in [0, 0.05) is 29.7 Å². The number of hydrogen-bond donors (Lipinski definition) is 1. The van der Waals surface area contributed by atoms with Crippen LogP contribution in [-0.4, -0.2) is 22.7 Å². The molecule has 1 fully saturated rings. The quantitative estimate of drug-likeness (QED) is 0.503. The fraction of sp³-hybridized carbons (Fsp3) is 0.0833. The minimum Gasteiger partial charge on any atom is -0.436 e. The fourth-order valence-corrected chi connectivity index (χ4v) is 3.52. The third-order valence-corrected chi connectivity index (χ3v) is 5.12. The van der Waals surface area contributed by atoms with Gasteiger partial charge in [-0.25, -0.2) is 4.98 Å². The zero-order valence-electron chi connectivity index (χ0n) is 16.4. The standard InChI is InChI=1S/C24H17N3O4/c28-21-13-14-22(29)27(21)18-11-7-15(8-12-18)23(30)25-17-9-5-16(6-10-17)24-26-19-3-1-2-4-20(19)31-24/h1-12H,13-14H2,(H,25,30). The van der Waals surface area contributed by atoms with Crippen LogP contribution in [0.25, 0.3) is 22.6 Å². The number of carbonyl (C=O) groups excluding carboxylic acids is 3. The van der Waals surface area contributed by atoms with Crippen LogP contribution in [0.5, 0.6) is 0 Å². The van der Waals surface area contributed by atoms with E-state index in [1.54, 1.807) is 36.4 Å². The van der Waals surface area contributed by atoms with Gasteiger partial charge < -0.3 is 9.73 Å². The molecule has 0 atom stereocenters. The van der Waals surface area contributed by atoms with E-state index >= 15 is 0 Å². The molecule has 0 radical (unpaired) electrons. The minimum absolute atomic E-state index is 0.221. The number of nitrogens with one attached hydrogen (secondary N) is 1. The lowest BCUT2D eigenvalue weighted by Crippen LogP contribution is -2.28. The first-order chi connectivity index (χ1) is 15.1. The van der Waals surface area contributed by atoms with Crippen LogP contribution in [-0.2, 0) is 9.59 Å². The van der Waals surface area contributed by atoms with Gasteiger partial charge in [0.2, 0.25) is 17.7 Å². The molecule has 0 spiro atoms. The summed E-state index contributed by atoms with van der Waals surface area (Å²) in [7, 11) is 0. The summed E-state index contributed by atoms with van der Waals surface area (Å²) in [5, 5.41) is 2.83. The molecule has 152 valence electrons. The van der Waals surface area contributed by atoms with E-state index < -0.39 is 0 Å². The van der Waals surface area contributed by atoms with Gasteiger partial charge in [0.25, 0.3) is 5.91 Å². The number of nitrogens with zero attached hydrogens (tertiary/aromatic N) is 2. The number of para-hydroxylation sites is 2. The van der Waals surface area contributed by atoms with Crippen LogP contribution in [0.4, 0.5) is 11.4 Å². The van der Waals surface area contributed by atoms with Gasteiger partial charge >= 0.3 is 0 Å². The highest BCUT2D eigenvalue weighted by atomic mass is 16.3. The lowest BCUT2D eigenvalue weighted by Gasteiger charge is -2.14. The molecule has 3 amide bonds. The van der Waals surface area contributed by atoms with Gasteiger partial charge in [-0.05, 0) is 60.7 Å². The first-order valence-electron chi connectivity index (χ1n) is 9.82. The Labute approximate surface area is 177 Å². The molecule has 1 aliphatic rings. The molecule has 0 saturated carbocycles. The van der Waals surface area contributed by atoms with Crippen molar-refractivity contribution >= 4 is 40.2 Å². The monoisotopic (exact) mass is 411 g/mol. The van der Waals surface area contributed by atoms with Gasteiger partial charge in [-0.1, -0.05) is 12.1 Å². The summed E-state index contributed by atoms with van der Waals surface area (Å²) in [5.41, 5.74) is 3.83. The molecule has 5 rings (SSSR count). The van der Waals surface area contributed by atoms with Crippen molar-refractivity contribution in [1.29, 1.82) is 0 Å². The van der Waals surface area contributed by atoms with E-state index in [4.69, 9.17) is 4.42 Å². The van der Waals surface area contributed by atoms with Gasteiger partial charge in [-0.15, -0.1) is 0 Å². The fourth-order valence-electron chi connectivity index (χ4n) is 3.52. The summed E-state index contributed by atoms with van der Waals surface area (Å²) >= 11 is 0. The van der Waals surface area contributed by atoms with Crippen molar-refractivity contribution in [2.24, 2.45) is 0 Å². The van der Waals surface area contributed by atoms with Crippen LogP contribution in [0.2, 0.25) is 0 Å². The van der Waals surface area contributed by atoms with E-state index in [-0.39, 0.29) is 30.6 Å². The highest BCUT2D eigenvalue weighted by Gasteiger charge is 2.30. The Morgan fingerprint density at radius 1 is 0.871 bits per heavy atom. The molecule has 7 heteroatoms. The molecular weight excluding hydrogens is 394 g/mol. The number of benzene rings is 3. The second-order valence-corrected chi connectivity index (χ2v) is 7.19. The SMILES string of the molecule is O=C(Nc1ccc(-c2nc3ccccc3o2)cc1)c1ccc(N2C(=O)CCC2=O)cc1. The molecule has 1 N–H and O–H groups in total. The second kappa shape index (κ2) is 7.53. The zero-order chi connectivity index (χ0) is 21.4. The lowest BCUT2D eigenvalue weighted by molar-refractivity contribution is -0.121. The van der Waals surface area contributed by atoms with Crippen molar-refractivity contribution in [1.82, 2.24) is 4.98 Å². The van der Waals surface area contributed by atoms with Gasteiger partial charge in [0.15, 0.2) is 5.58 Å². The summed E-state index contributed by atoms with van der Waals surface area (Å²) in [6, 6.07) is 21.1. The third kappa shape index (κ3) is 3.57. The maximum atomic E-state index is 12.6. The van der Waals surface area contributed by atoms with Crippen LogP contribution >= 0.6 is 0 Å². The topological polar surface area (TPSA) is 92.5 Å². The Kier molecular flexibility index (Phi) is 4.55. The van der Waals surface area contributed by atoms with Gasteiger partial charge in [-0.3, -0.25) is 19.3 Å². The number of imide groups is 1. The normalized spacial score (nSPS) is 13.7. The third-order valence-electron chi connectivity index (χ3n) is 5.12. The predicted molar refractivity (Wildman–Crippen MR) is 116 cm³/mol. The van der Waals surface area contributed by atoms with Crippen molar-refractivity contribution in [3.8, 4) is 11.5 Å². The largest absolute Gasteiger partial charge is 0.436 e. The van der Waals surface area contributed by atoms with Gasteiger partial charge in [0.1, 0.15) is 5.52 Å². The lowest BCUT2D eigenvalue weighted by atomic mass is 10.1. The maximum Gasteiger partial charge on any atom is 0.255 e. The molecule has 2 heterocycles. The van der Waals surface area contributed by atoms with Crippen molar-refractivity contribution in [2.75, 3.05) is 10.2 Å². The number of oxazole rings is 1. The summed E-state index contributed by atoms with van der Waals surface area (Å²) in [5.74, 6) is -0.219. The smallest absolute Gasteiger partial charge is 0.255 e. The summed E-state index contributed by atoms with van der Waals surface area (Å²) in [4.78, 5) is 41.9. The molecule has 0 unspecified atom stereocenters. The van der Waals surface area contributed by atoms with Crippen molar-refractivity contribution < 1.29 is 18.8 Å². The molecule has 1 aliphatic heterocycles. The molecule has 7 nitrogen and oxygen atoms in total. The van der Waals surface area contributed by atoms with Crippen LogP contribution in [0.3, 0.4) is 0 Å². The Morgan fingerprint density at radius 2 is 1.55 bits per heavy atom. The van der Waals surface area contributed by atoms with Crippen molar-refractivity contribution in [3.63, 3.8) is 0 Å². The second-order valence-electron chi connectivity index (χ2n) is 7.19. The average molecular weight is 411 g/mol. The number of carbonyl (C=O) groups is 3. The first-order valence-corrected chi connectivity index (χ1v) is 9.82. The van der Waals surface area contributed by atoms with Crippen LogP contribution in [0, 0.1) is 0 Å². The van der Waals surface area contributed by atoms with Crippen LogP contribution < -0.4 is 10.2 Å². The van der Waals surface area contributed by atoms with E-state index in [0.717, 1.165) is 21.6 Å². The first kappa shape index (κ1) is 18.7. The molecule has 1 aromatic heterocycles. The highest BCUT2D eigenvalue weighted by molar-refractivity contribution is 6.20. The Bertz CT molecular complexity index is 1260. The van der Waals surface area contributed by atoms with E-state index in [1.165, 1.54) is 0 Å². The average Bonchev–Trinajstić information content (AvgIpc) is 3.37. The predicted octanol–water partition coefficient (Wildman–Crippen LogP) is 4.40. The van der Waals surface area contributed by atoms with E-state index in [1.807, 2.05) is 36.4 Å². The molecule has 31 heavy (non-hydrogen) atoms. The molecular formula is C24H17N3O4. The van der Waals surface area contributed by atoms with Gasteiger partial charge in [-0.2, -0.15) is 0 Å². The number of hydrogen-bond acceptors (Lipinski definition) is 5. The maximum absolute atomic E-state index is 12.6. The van der Waals surface area contributed by atoms with E-state index in [2.05, 4.69) is 10.3 Å². The van der Waals surface area contributed by atoms with E-state index in [0.29, 0.717) is 22.8 Å². The Morgan fingerprint density at radius 3 is 2.23 bits per heavy atom. The van der Waals surface area contributed by atoms with Gasteiger partial charge in [0.05, 0.1) is 5.69 Å². The van der Waals surface area contributed by atoms with E-state index in [9.17, 15) is 14.4 Å². The highest BCUT2D eigenvalue weighted by Crippen LogP contribution is 2.26. The number of amides is 3. The van der Waals surface area contributed by atoms with Crippen molar-refractivity contribution in [3.05, 3.63) is 78.4 Å². The Balaban J connectivity index is 1.29.